The van der Waals surface area contributed by atoms with E-state index in [1.54, 1.807) is 6.92 Å². The van der Waals surface area contributed by atoms with Gasteiger partial charge in [0, 0.05) is 6.92 Å². The van der Waals surface area contributed by atoms with Gasteiger partial charge in [-0.3, -0.25) is 4.79 Å². The Hall–Kier alpha value is 0.630. The fourth-order valence-electron chi connectivity index (χ4n) is 0.703. The van der Waals surface area contributed by atoms with Crippen LogP contribution in [0, 0.1) is 0 Å². The highest BCUT2D eigenvalue weighted by molar-refractivity contribution is 6.40. The molecule has 0 rings (SSSR count). The summed E-state index contributed by atoms with van der Waals surface area (Å²) in [6.45, 7) is 8.12. The number of carbonyl (C=O) groups is 1. The molecule has 6 heteroatoms. The monoisotopic (exact) mass is 342 g/mol. The van der Waals surface area contributed by atoms with Crippen molar-refractivity contribution < 1.29 is 9.53 Å². The molecule has 2 nitrogen and oxygen atoms in total. The van der Waals surface area contributed by atoms with E-state index in [1.807, 2.05) is 0 Å². The molecule has 0 amide bonds. The topological polar surface area (TPSA) is 26.3 Å². The van der Waals surface area contributed by atoms with Crippen LogP contribution in [0.5, 0.6) is 0 Å². The Labute approximate surface area is 132 Å². The zero-order valence-corrected chi connectivity index (χ0v) is 14.8. The molecule has 0 unspecified atom stereocenters. The summed E-state index contributed by atoms with van der Waals surface area (Å²) < 4.78 is 4.40. The third-order valence-electron chi connectivity index (χ3n) is 1.30. The minimum Gasteiger partial charge on any atom is -0.466 e. The van der Waals surface area contributed by atoms with Crippen LogP contribution < -0.4 is 0 Å². The van der Waals surface area contributed by atoms with E-state index in [1.165, 1.54) is 32.6 Å². The Bertz CT molecular complexity index is 119. The highest BCUT2D eigenvalue weighted by Gasteiger charge is 1.81. The van der Waals surface area contributed by atoms with Crippen molar-refractivity contribution in [1.82, 2.24) is 0 Å². The molecule has 0 aliphatic carbocycles. The lowest BCUT2D eigenvalue weighted by Crippen LogP contribution is -1.95. The van der Waals surface area contributed by atoms with Crippen molar-refractivity contribution in [2.75, 3.05) is 17.3 Å². The maximum absolute atomic E-state index is 9.82. The summed E-state index contributed by atoms with van der Waals surface area (Å²) in [4.78, 5) is 9.82. The van der Waals surface area contributed by atoms with Crippen molar-refractivity contribution in [3.05, 3.63) is 0 Å². The predicted molar refractivity (Wildman–Crippen MR) is 85.3 cm³/mol. The van der Waals surface area contributed by atoms with Crippen molar-refractivity contribution in [2.45, 2.75) is 53.4 Å². The van der Waals surface area contributed by atoms with Crippen molar-refractivity contribution >= 4 is 52.4 Å². The molecule has 0 aliphatic heterocycles. The Morgan fingerprint density at radius 1 is 0.889 bits per heavy atom. The molecule has 0 aromatic heterocycles. The van der Waals surface area contributed by atoms with Crippen LogP contribution in [-0.4, -0.2) is 23.3 Å². The standard InChI is InChI=1S/C6H14.C4H8O2.2CH2Cl2/c1-3-5-6-4-2;1-3-6-4(2)5;2*2-1-3/h3-6H2,1-2H3;3H2,1-2H3;2*1H2. The van der Waals surface area contributed by atoms with Gasteiger partial charge in [-0.25, -0.2) is 0 Å². The van der Waals surface area contributed by atoms with Gasteiger partial charge < -0.3 is 4.74 Å². The van der Waals surface area contributed by atoms with Gasteiger partial charge in [0.05, 0.1) is 17.3 Å². The zero-order chi connectivity index (χ0) is 15.2. The maximum atomic E-state index is 9.82. The zero-order valence-electron chi connectivity index (χ0n) is 11.8. The van der Waals surface area contributed by atoms with Crippen molar-refractivity contribution in [2.24, 2.45) is 0 Å². The van der Waals surface area contributed by atoms with Gasteiger partial charge in [0.25, 0.3) is 0 Å². The summed E-state index contributed by atoms with van der Waals surface area (Å²) in [5.41, 5.74) is 0. The second kappa shape index (κ2) is 36.0. The average Bonchev–Trinajstić information content (AvgIpc) is 2.29. The molecular weight excluding hydrogens is 318 g/mol. The third kappa shape index (κ3) is 92.4. The highest BCUT2D eigenvalue weighted by atomic mass is 35.5. The smallest absolute Gasteiger partial charge is 0.302 e. The van der Waals surface area contributed by atoms with Crippen LogP contribution in [0.4, 0.5) is 0 Å². The maximum Gasteiger partial charge on any atom is 0.302 e. The lowest BCUT2D eigenvalue weighted by molar-refractivity contribution is -0.140. The molecule has 0 aromatic carbocycles. The second-order valence-corrected chi connectivity index (χ2v) is 4.45. The molecule has 0 aromatic rings. The minimum absolute atomic E-state index is 0.194. The summed E-state index contributed by atoms with van der Waals surface area (Å²) in [6, 6.07) is 0. The van der Waals surface area contributed by atoms with E-state index >= 15 is 0 Å². The summed E-state index contributed by atoms with van der Waals surface area (Å²) in [6.07, 6.45) is 5.54. The van der Waals surface area contributed by atoms with E-state index in [2.05, 4.69) is 18.6 Å². The van der Waals surface area contributed by atoms with Crippen molar-refractivity contribution in [1.29, 1.82) is 0 Å². The molecule has 0 fully saturated rings. The van der Waals surface area contributed by atoms with Gasteiger partial charge in [0.15, 0.2) is 0 Å². The number of alkyl halides is 4. The van der Waals surface area contributed by atoms with Crippen LogP contribution in [0.3, 0.4) is 0 Å². The molecule has 0 spiro atoms. The van der Waals surface area contributed by atoms with Gasteiger partial charge in [-0.05, 0) is 6.92 Å². The van der Waals surface area contributed by atoms with E-state index in [-0.39, 0.29) is 16.6 Å². The molecule has 0 saturated carbocycles. The average molecular weight is 344 g/mol. The third-order valence-corrected chi connectivity index (χ3v) is 1.30. The lowest BCUT2D eigenvalue weighted by Gasteiger charge is -1.89. The Balaban J connectivity index is -0.0000000770. The Morgan fingerprint density at radius 3 is 1.22 bits per heavy atom. The molecule has 0 atom stereocenters. The number of ether oxygens (including phenoxy) is 1. The second-order valence-electron chi connectivity index (χ2n) is 2.83. The molecule has 18 heavy (non-hydrogen) atoms. The molecular formula is C12H26Cl4O2. The number of halogens is 4. The van der Waals surface area contributed by atoms with Crippen LogP contribution in [0.15, 0.2) is 0 Å². The lowest BCUT2D eigenvalue weighted by atomic mass is 10.2. The Morgan fingerprint density at radius 2 is 1.17 bits per heavy atom. The van der Waals surface area contributed by atoms with Gasteiger partial charge in [-0.2, -0.15) is 0 Å². The predicted octanol–water partition coefficient (Wildman–Crippen LogP) is 6.00. The summed E-state index contributed by atoms with van der Waals surface area (Å²) >= 11 is 19.1. The van der Waals surface area contributed by atoms with Gasteiger partial charge in [-0.15, -0.1) is 46.4 Å². The van der Waals surface area contributed by atoms with E-state index in [0.29, 0.717) is 6.61 Å². The van der Waals surface area contributed by atoms with E-state index in [4.69, 9.17) is 46.4 Å². The first kappa shape index (κ1) is 27.1. The van der Waals surface area contributed by atoms with Gasteiger partial charge >= 0.3 is 5.97 Å². The van der Waals surface area contributed by atoms with Gasteiger partial charge in [0.1, 0.15) is 0 Å². The number of unbranched alkanes of at least 4 members (excludes halogenated alkanes) is 3. The molecule has 0 heterocycles. The highest BCUT2D eigenvalue weighted by Crippen LogP contribution is 1.95. The van der Waals surface area contributed by atoms with Crippen molar-refractivity contribution in [3.8, 4) is 0 Å². The SMILES string of the molecule is CCCCCC.CCOC(C)=O.ClCCl.ClCCl. The molecule has 114 valence electrons. The van der Waals surface area contributed by atoms with Crippen LogP contribution in [0.2, 0.25) is 0 Å². The quantitative estimate of drug-likeness (QED) is 0.355. The summed E-state index contributed by atoms with van der Waals surface area (Å²) in [5.74, 6) is -0.211. The first-order chi connectivity index (χ1) is 8.51. The number of carbonyl (C=O) groups excluding carboxylic acids is 1. The van der Waals surface area contributed by atoms with Crippen LogP contribution >= 0.6 is 46.4 Å². The summed E-state index contributed by atoms with van der Waals surface area (Å²) in [7, 11) is 0. The normalized spacial score (nSPS) is 7.56. The number of rotatable bonds is 4. The van der Waals surface area contributed by atoms with Crippen molar-refractivity contribution in [3.63, 3.8) is 0 Å². The molecule has 0 saturated heterocycles. The first-order valence-corrected chi connectivity index (χ1v) is 8.03. The van der Waals surface area contributed by atoms with E-state index in [9.17, 15) is 4.79 Å². The van der Waals surface area contributed by atoms with E-state index < -0.39 is 0 Å². The fraction of sp³-hybridized carbons (Fsp3) is 0.917. The number of hydrogen-bond acceptors (Lipinski definition) is 2. The fourth-order valence-corrected chi connectivity index (χ4v) is 0.703. The van der Waals surface area contributed by atoms with Crippen LogP contribution in [-0.2, 0) is 9.53 Å². The molecule has 0 bridgehead atoms. The largest absolute Gasteiger partial charge is 0.466 e. The van der Waals surface area contributed by atoms with Gasteiger partial charge in [0.2, 0.25) is 0 Å². The number of hydrogen-bond donors (Lipinski definition) is 0. The number of esters is 1. The van der Waals surface area contributed by atoms with E-state index in [0.717, 1.165) is 0 Å². The first-order valence-electron chi connectivity index (χ1n) is 5.89. The molecule has 0 aliphatic rings. The summed E-state index contributed by atoms with van der Waals surface area (Å²) in [5, 5.41) is 0.389. The molecule has 0 N–H and O–H groups in total. The molecule has 0 radical (unpaired) electrons. The van der Waals surface area contributed by atoms with Crippen LogP contribution in [0.1, 0.15) is 53.4 Å². The minimum atomic E-state index is -0.211. The van der Waals surface area contributed by atoms with Crippen LogP contribution in [0.25, 0.3) is 0 Å². The van der Waals surface area contributed by atoms with Gasteiger partial charge in [-0.1, -0.05) is 39.5 Å². The Kier molecular flexibility index (Phi) is 54.2.